The average molecular weight is 407 g/mol. The van der Waals surface area contributed by atoms with Crippen LogP contribution in [-0.2, 0) is 16.0 Å². The van der Waals surface area contributed by atoms with Crippen LogP contribution < -0.4 is 15.4 Å². The maximum Gasteiger partial charge on any atom is 0.191 e. The van der Waals surface area contributed by atoms with E-state index in [4.69, 9.17) is 14.2 Å². The first-order valence-electron chi connectivity index (χ1n) is 10.6. The fourth-order valence-corrected chi connectivity index (χ4v) is 3.57. The van der Waals surface area contributed by atoms with Gasteiger partial charge in [0, 0.05) is 65.5 Å². The first-order chi connectivity index (χ1) is 14.2. The molecule has 7 heteroatoms. The fourth-order valence-electron chi connectivity index (χ4n) is 3.57. The SMILES string of the molecule is CN=C(NCc1ccc(C)cc1OCCCOC)NCC1CCCN1CCOC. The molecule has 1 unspecified atom stereocenters. The molecule has 1 atom stereocenters. The summed E-state index contributed by atoms with van der Waals surface area (Å²) in [7, 11) is 5.28. The Morgan fingerprint density at radius 1 is 1.17 bits per heavy atom. The van der Waals surface area contributed by atoms with Gasteiger partial charge in [-0.3, -0.25) is 9.89 Å². The number of methoxy groups -OCH3 is 2. The van der Waals surface area contributed by atoms with Gasteiger partial charge in [0.05, 0.1) is 13.2 Å². The summed E-state index contributed by atoms with van der Waals surface area (Å²) < 4.78 is 16.3. The molecule has 2 rings (SSSR count). The maximum atomic E-state index is 5.98. The van der Waals surface area contributed by atoms with Crippen LogP contribution in [0.1, 0.15) is 30.4 Å². The zero-order valence-electron chi connectivity index (χ0n) is 18.5. The van der Waals surface area contributed by atoms with Crippen molar-refractivity contribution in [2.45, 2.75) is 38.8 Å². The number of hydrogen-bond acceptors (Lipinski definition) is 5. The third-order valence-electron chi connectivity index (χ3n) is 5.23. The predicted molar refractivity (Wildman–Crippen MR) is 118 cm³/mol. The maximum absolute atomic E-state index is 5.98. The molecule has 0 bridgehead atoms. The lowest BCUT2D eigenvalue weighted by atomic mass is 10.1. The summed E-state index contributed by atoms with van der Waals surface area (Å²) in [6.45, 7) is 7.90. The Kier molecular flexibility index (Phi) is 10.8. The summed E-state index contributed by atoms with van der Waals surface area (Å²) >= 11 is 0. The highest BCUT2D eigenvalue weighted by Gasteiger charge is 2.23. The first-order valence-corrected chi connectivity index (χ1v) is 10.6. The molecule has 1 aliphatic rings. The molecular weight excluding hydrogens is 368 g/mol. The molecule has 0 aromatic heterocycles. The number of likely N-dealkylation sites (tertiary alicyclic amines) is 1. The zero-order chi connectivity index (χ0) is 20.9. The lowest BCUT2D eigenvalue weighted by Crippen LogP contribution is -2.45. The number of rotatable bonds is 12. The minimum Gasteiger partial charge on any atom is -0.493 e. The Morgan fingerprint density at radius 2 is 2.00 bits per heavy atom. The Balaban J connectivity index is 1.84. The quantitative estimate of drug-likeness (QED) is 0.315. The van der Waals surface area contributed by atoms with Crippen LogP contribution in [-0.4, -0.2) is 77.6 Å². The first kappa shape index (κ1) is 23.4. The summed E-state index contributed by atoms with van der Waals surface area (Å²) in [6.07, 6.45) is 3.34. The van der Waals surface area contributed by atoms with Crippen molar-refractivity contribution in [3.63, 3.8) is 0 Å². The van der Waals surface area contributed by atoms with Crippen LogP contribution in [0.3, 0.4) is 0 Å². The van der Waals surface area contributed by atoms with Crippen molar-refractivity contribution in [3.05, 3.63) is 29.3 Å². The van der Waals surface area contributed by atoms with Gasteiger partial charge in [-0.15, -0.1) is 0 Å². The van der Waals surface area contributed by atoms with Crippen LogP contribution in [0.25, 0.3) is 0 Å². The van der Waals surface area contributed by atoms with Gasteiger partial charge in [0.2, 0.25) is 0 Å². The molecule has 0 spiro atoms. The van der Waals surface area contributed by atoms with E-state index in [1.165, 1.54) is 18.4 Å². The third kappa shape index (κ3) is 8.20. The van der Waals surface area contributed by atoms with E-state index in [2.05, 4.69) is 45.6 Å². The Hall–Kier alpha value is -1.83. The zero-order valence-corrected chi connectivity index (χ0v) is 18.5. The second-order valence-corrected chi connectivity index (χ2v) is 7.44. The number of aryl methyl sites for hydroxylation is 1. The monoisotopic (exact) mass is 406 g/mol. The standard InChI is InChI=1S/C22H38N4O3/c1-18-8-9-19(21(15-18)29-13-6-12-27-3)16-24-22(23-2)25-17-20-7-5-10-26(20)11-14-28-4/h8-9,15,20H,5-7,10-14,16-17H2,1-4H3,(H2,23,24,25). The number of aliphatic imine (C=N–C) groups is 1. The second kappa shape index (κ2) is 13.4. The molecule has 1 aromatic carbocycles. The van der Waals surface area contributed by atoms with Crippen LogP contribution >= 0.6 is 0 Å². The predicted octanol–water partition coefficient (Wildman–Crippen LogP) is 2.19. The van der Waals surface area contributed by atoms with Gasteiger partial charge in [0.25, 0.3) is 0 Å². The molecule has 1 saturated heterocycles. The van der Waals surface area contributed by atoms with Gasteiger partial charge in [-0.05, 0) is 37.9 Å². The molecular formula is C22H38N4O3. The highest BCUT2D eigenvalue weighted by atomic mass is 16.5. The number of benzene rings is 1. The van der Waals surface area contributed by atoms with E-state index in [0.717, 1.165) is 49.9 Å². The molecule has 0 saturated carbocycles. The normalized spacial score (nSPS) is 17.5. The molecule has 7 nitrogen and oxygen atoms in total. The molecule has 0 aliphatic carbocycles. The molecule has 0 radical (unpaired) electrons. The molecule has 29 heavy (non-hydrogen) atoms. The van der Waals surface area contributed by atoms with Gasteiger partial charge in [-0.1, -0.05) is 12.1 Å². The van der Waals surface area contributed by atoms with E-state index < -0.39 is 0 Å². The van der Waals surface area contributed by atoms with Gasteiger partial charge in [0.15, 0.2) is 5.96 Å². The molecule has 2 N–H and O–H groups in total. The molecule has 1 aliphatic heterocycles. The Bertz CT molecular complexity index is 624. The van der Waals surface area contributed by atoms with Crippen molar-refractivity contribution in [1.29, 1.82) is 0 Å². The highest BCUT2D eigenvalue weighted by Crippen LogP contribution is 2.20. The van der Waals surface area contributed by atoms with E-state index in [1.807, 2.05) is 7.05 Å². The largest absolute Gasteiger partial charge is 0.493 e. The Labute approximate surface area is 175 Å². The second-order valence-electron chi connectivity index (χ2n) is 7.44. The summed E-state index contributed by atoms with van der Waals surface area (Å²) in [5.74, 6) is 1.74. The van der Waals surface area contributed by atoms with Crippen molar-refractivity contribution in [3.8, 4) is 5.75 Å². The lowest BCUT2D eigenvalue weighted by Gasteiger charge is -2.25. The van der Waals surface area contributed by atoms with Gasteiger partial charge in [0.1, 0.15) is 5.75 Å². The number of hydrogen-bond donors (Lipinski definition) is 2. The Morgan fingerprint density at radius 3 is 2.76 bits per heavy atom. The topological polar surface area (TPSA) is 67.4 Å². The lowest BCUT2D eigenvalue weighted by molar-refractivity contribution is 0.141. The van der Waals surface area contributed by atoms with E-state index in [0.29, 0.717) is 25.8 Å². The van der Waals surface area contributed by atoms with Gasteiger partial charge >= 0.3 is 0 Å². The van der Waals surface area contributed by atoms with Crippen LogP contribution in [0.5, 0.6) is 5.75 Å². The molecule has 1 fully saturated rings. The summed E-state index contributed by atoms with van der Waals surface area (Å²) in [6, 6.07) is 6.85. The summed E-state index contributed by atoms with van der Waals surface area (Å²) in [5.41, 5.74) is 2.31. The minimum atomic E-state index is 0.530. The van der Waals surface area contributed by atoms with Crippen molar-refractivity contribution < 1.29 is 14.2 Å². The van der Waals surface area contributed by atoms with Crippen LogP contribution in [0.15, 0.2) is 23.2 Å². The number of ether oxygens (including phenoxy) is 3. The van der Waals surface area contributed by atoms with E-state index in [-0.39, 0.29) is 0 Å². The van der Waals surface area contributed by atoms with Gasteiger partial charge in [-0.2, -0.15) is 0 Å². The average Bonchev–Trinajstić information content (AvgIpc) is 3.18. The molecule has 0 amide bonds. The minimum absolute atomic E-state index is 0.530. The van der Waals surface area contributed by atoms with Crippen LogP contribution in [0.4, 0.5) is 0 Å². The number of nitrogens with one attached hydrogen (secondary N) is 2. The van der Waals surface area contributed by atoms with E-state index in [1.54, 1.807) is 14.2 Å². The van der Waals surface area contributed by atoms with E-state index in [9.17, 15) is 0 Å². The van der Waals surface area contributed by atoms with Gasteiger partial charge in [-0.25, -0.2) is 0 Å². The highest BCUT2D eigenvalue weighted by molar-refractivity contribution is 5.79. The number of guanidine groups is 1. The van der Waals surface area contributed by atoms with Crippen molar-refractivity contribution in [2.75, 3.05) is 60.7 Å². The summed E-state index contributed by atoms with van der Waals surface area (Å²) in [5, 5.41) is 6.90. The summed E-state index contributed by atoms with van der Waals surface area (Å²) in [4.78, 5) is 6.87. The molecule has 1 heterocycles. The van der Waals surface area contributed by atoms with Crippen LogP contribution in [0.2, 0.25) is 0 Å². The van der Waals surface area contributed by atoms with Gasteiger partial charge < -0.3 is 24.8 Å². The third-order valence-corrected chi connectivity index (χ3v) is 5.23. The molecule has 1 aromatic rings. The van der Waals surface area contributed by atoms with Crippen molar-refractivity contribution in [1.82, 2.24) is 15.5 Å². The smallest absolute Gasteiger partial charge is 0.191 e. The van der Waals surface area contributed by atoms with E-state index >= 15 is 0 Å². The van der Waals surface area contributed by atoms with Crippen molar-refractivity contribution in [2.24, 2.45) is 4.99 Å². The fraction of sp³-hybridized carbons (Fsp3) is 0.682. The molecule has 164 valence electrons. The van der Waals surface area contributed by atoms with Crippen LogP contribution in [0, 0.1) is 6.92 Å². The van der Waals surface area contributed by atoms with Crippen molar-refractivity contribution >= 4 is 5.96 Å². The number of nitrogens with zero attached hydrogens (tertiary/aromatic N) is 2.